The van der Waals surface area contributed by atoms with E-state index in [2.05, 4.69) is 42.2 Å². The fourth-order valence-electron chi connectivity index (χ4n) is 1.44. The van der Waals surface area contributed by atoms with Gasteiger partial charge in [0.05, 0.1) is 6.54 Å². The number of nitrogens with one attached hydrogen (secondary N) is 2. The van der Waals surface area contributed by atoms with Crippen molar-refractivity contribution in [3.8, 4) is 0 Å². The lowest BCUT2D eigenvalue weighted by Gasteiger charge is -2.08. The third-order valence-corrected chi connectivity index (χ3v) is 3.52. The third-order valence-electron chi connectivity index (χ3n) is 2.61. The SMILES string of the molecule is Cc1cscc1CNCC(=O)NCCC(C)C. The number of carbonyl (C=O) groups is 1. The van der Waals surface area contributed by atoms with Crippen LogP contribution in [0.1, 0.15) is 31.4 Å². The Morgan fingerprint density at radius 2 is 2.18 bits per heavy atom. The molecule has 0 aliphatic rings. The summed E-state index contributed by atoms with van der Waals surface area (Å²) in [5.41, 5.74) is 2.58. The molecule has 17 heavy (non-hydrogen) atoms. The molecule has 1 amide bonds. The Morgan fingerprint density at radius 1 is 1.41 bits per heavy atom. The van der Waals surface area contributed by atoms with E-state index in [1.54, 1.807) is 11.3 Å². The van der Waals surface area contributed by atoms with Crippen LogP contribution in [0.15, 0.2) is 10.8 Å². The van der Waals surface area contributed by atoms with Crippen molar-refractivity contribution in [2.45, 2.75) is 33.7 Å². The topological polar surface area (TPSA) is 41.1 Å². The van der Waals surface area contributed by atoms with Gasteiger partial charge in [-0.2, -0.15) is 11.3 Å². The number of aryl methyl sites for hydroxylation is 1. The summed E-state index contributed by atoms with van der Waals surface area (Å²) in [5.74, 6) is 0.718. The molecule has 0 saturated carbocycles. The maximum Gasteiger partial charge on any atom is 0.233 e. The minimum Gasteiger partial charge on any atom is -0.355 e. The Morgan fingerprint density at radius 3 is 2.76 bits per heavy atom. The average Bonchev–Trinajstić information content (AvgIpc) is 2.64. The monoisotopic (exact) mass is 254 g/mol. The maximum absolute atomic E-state index is 11.5. The molecule has 0 atom stereocenters. The molecule has 2 N–H and O–H groups in total. The van der Waals surface area contributed by atoms with Gasteiger partial charge in [0.25, 0.3) is 0 Å². The van der Waals surface area contributed by atoms with Crippen molar-refractivity contribution in [2.24, 2.45) is 5.92 Å². The van der Waals surface area contributed by atoms with Gasteiger partial charge in [-0.05, 0) is 41.1 Å². The molecule has 0 aromatic carbocycles. The Bertz CT molecular complexity index is 347. The molecule has 0 saturated heterocycles. The van der Waals surface area contributed by atoms with Crippen molar-refractivity contribution in [1.82, 2.24) is 10.6 Å². The highest BCUT2D eigenvalue weighted by Gasteiger charge is 2.02. The second-order valence-electron chi connectivity index (χ2n) is 4.72. The van der Waals surface area contributed by atoms with Crippen LogP contribution in [0, 0.1) is 12.8 Å². The molecule has 1 aromatic heterocycles. The first kappa shape index (κ1) is 14.2. The smallest absolute Gasteiger partial charge is 0.233 e. The van der Waals surface area contributed by atoms with Crippen LogP contribution < -0.4 is 10.6 Å². The van der Waals surface area contributed by atoms with Crippen LogP contribution in [0.25, 0.3) is 0 Å². The summed E-state index contributed by atoms with van der Waals surface area (Å²) in [6.07, 6.45) is 1.04. The van der Waals surface area contributed by atoms with Gasteiger partial charge in [-0.1, -0.05) is 13.8 Å². The van der Waals surface area contributed by atoms with Gasteiger partial charge < -0.3 is 10.6 Å². The quantitative estimate of drug-likeness (QED) is 0.784. The van der Waals surface area contributed by atoms with Crippen molar-refractivity contribution >= 4 is 17.2 Å². The first-order chi connectivity index (χ1) is 8.09. The lowest BCUT2D eigenvalue weighted by molar-refractivity contribution is -0.120. The number of hydrogen-bond acceptors (Lipinski definition) is 3. The molecular weight excluding hydrogens is 232 g/mol. The molecule has 96 valence electrons. The minimum atomic E-state index is 0.0820. The molecule has 4 heteroatoms. The van der Waals surface area contributed by atoms with E-state index in [0.717, 1.165) is 19.5 Å². The van der Waals surface area contributed by atoms with Gasteiger partial charge in [-0.3, -0.25) is 4.79 Å². The van der Waals surface area contributed by atoms with Gasteiger partial charge in [-0.25, -0.2) is 0 Å². The summed E-state index contributed by atoms with van der Waals surface area (Å²) in [6, 6.07) is 0. The number of hydrogen-bond donors (Lipinski definition) is 2. The molecular formula is C13H22N2OS. The lowest BCUT2D eigenvalue weighted by atomic mass is 10.1. The zero-order valence-corrected chi connectivity index (χ0v) is 11.7. The van der Waals surface area contributed by atoms with Gasteiger partial charge in [-0.15, -0.1) is 0 Å². The van der Waals surface area contributed by atoms with Gasteiger partial charge in [0, 0.05) is 13.1 Å². The van der Waals surface area contributed by atoms with Crippen molar-refractivity contribution in [3.63, 3.8) is 0 Å². The Labute approximate surface area is 108 Å². The molecule has 1 heterocycles. The fourth-order valence-corrected chi connectivity index (χ4v) is 2.30. The van der Waals surface area contributed by atoms with E-state index < -0.39 is 0 Å². The Balaban J connectivity index is 2.10. The summed E-state index contributed by atoms with van der Waals surface area (Å²) in [7, 11) is 0. The van der Waals surface area contributed by atoms with E-state index in [0.29, 0.717) is 12.5 Å². The van der Waals surface area contributed by atoms with E-state index in [1.807, 2.05) is 0 Å². The van der Waals surface area contributed by atoms with E-state index in [-0.39, 0.29) is 5.91 Å². The maximum atomic E-state index is 11.5. The predicted molar refractivity (Wildman–Crippen MR) is 73.2 cm³/mol. The van der Waals surface area contributed by atoms with Gasteiger partial charge in [0.15, 0.2) is 0 Å². The predicted octanol–water partition coefficient (Wildman–Crippen LogP) is 2.31. The Kier molecular flexibility index (Phi) is 6.22. The van der Waals surface area contributed by atoms with Gasteiger partial charge in [0.1, 0.15) is 0 Å². The zero-order chi connectivity index (χ0) is 12.7. The lowest BCUT2D eigenvalue weighted by Crippen LogP contribution is -2.34. The second kappa shape index (κ2) is 7.45. The summed E-state index contributed by atoms with van der Waals surface area (Å²) in [6.45, 7) is 8.35. The summed E-state index contributed by atoms with van der Waals surface area (Å²) < 4.78 is 0. The fraction of sp³-hybridized carbons (Fsp3) is 0.615. The van der Waals surface area contributed by atoms with Crippen molar-refractivity contribution < 1.29 is 4.79 Å². The van der Waals surface area contributed by atoms with E-state index in [1.165, 1.54) is 11.1 Å². The van der Waals surface area contributed by atoms with Crippen LogP contribution in [-0.2, 0) is 11.3 Å². The number of thiophene rings is 1. The van der Waals surface area contributed by atoms with Crippen LogP contribution in [0.3, 0.4) is 0 Å². The normalized spacial score (nSPS) is 10.8. The molecule has 0 aliphatic carbocycles. The zero-order valence-electron chi connectivity index (χ0n) is 10.9. The molecule has 0 aliphatic heterocycles. The molecule has 0 spiro atoms. The second-order valence-corrected chi connectivity index (χ2v) is 5.46. The van der Waals surface area contributed by atoms with E-state index in [4.69, 9.17) is 0 Å². The minimum absolute atomic E-state index is 0.0820. The summed E-state index contributed by atoms with van der Waals surface area (Å²) >= 11 is 1.70. The standard InChI is InChI=1S/C13H22N2OS/c1-10(2)4-5-15-13(16)7-14-6-12-9-17-8-11(12)3/h8-10,14H,4-7H2,1-3H3,(H,15,16). The molecule has 0 bridgehead atoms. The highest BCUT2D eigenvalue weighted by molar-refractivity contribution is 7.08. The van der Waals surface area contributed by atoms with Gasteiger partial charge in [0.2, 0.25) is 5.91 Å². The van der Waals surface area contributed by atoms with E-state index >= 15 is 0 Å². The number of rotatable bonds is 7. The first-order valence-corrected chi connectivity index (χ1v) is 7.03. The molecule has 1 aromatic rings. The highest BCUT2D eigenvalue weighted by atomic mass is 32.1. The third kappa shape index (κ3) is 5.84. The average molecular weight is 254 g/mol. The number of carbonyl (C=O) groups excluding carboxylic acids is 1. The van der Waals surface area contributed by atoms with Crippen molar-refractivity contribution in [1.29, 1.82) is 0 Å². The molecule has 0 radical (unpaired) electrons. The van der Waals surface area contributed by atoms with Crippen LogP contribution in [0.5, 0.6) is 0 Å². The van der Waals surface area contributed by atoms with Crippen molar-refractivity contribution in [3.05, 3.63) is 21.9 Å². The van der Waals surface area contributed by atoms with Crippen LogP contribution in [-0.4, -0.2) is 19.0 Å². The number of amides is 1. The van der Waals surface area contributed by atoms with E-state index in [9.17, 15) is 4.79 Å². The summed E-state index contributed by atoms with van der Waals surface area (Å²) in [4.78, 5) is 11.5. The highest BCUT2D eigenvalue weighted by Crippen LogP contribution is 2.12. The molecule has 1 rings (SSSR count). The first-order valence-electron chi connectivity index (χ1n) is 6.08. The van der Waals surface area contributed by atoms with Crippen LogP contribution in [0.2, 0.25) is 0 Å². The molecule has 0 fully saturated rings. The largest absolute Gasteiger partial charge is 0.355 e. The summed E-state index contributed by atoms with van der Waals surface area (Å²) in [5, 5.41) is 10.3. The Hall–Kier alpha value is -0.870. The van der Waals surface area contributed by atoms with Gasteiger partial charge >= 0.3 is 0 Å². The van der Waals surface area contributed by atoms with Crippen LogP contribution >= 0.6 is 11.3 Å². The van der Waals surface area contributed by atoms with Crippen LogP contribution in [0.4, 0.5) is 0 Å². The van der Waals surface area contributed by atoms with Crippen molar-refractivity contribution in [2.75, 3.05) is 13.1 Å². The molecule has 3 nitrogen and oxygen atoms in total. The molecule has 0 unspecified atom stereocenters.